The van der Waals surface area contributed by atoms with Crippen LogP contribution in [0.3, 0.4) is 0 Å². The summed E-state index contributed by atoms with van der Waals surface area (Å²) in [6.45, 7) is 2.99. The molecular formula is C10H14FN3O3S. The third kappa shape index (κ3) is 3.10. The number of sulfonamides is 1. The molecule has 0 saturated carbocycles. The first-order valence-corrected chi connectivity index (χ1v) is 6.61. The van der Waals surface area contributed by atoms with E-state index in [0.717, 1.165) is 12.1 Å². The molecule has 0 unspecified atom stereocenters. The summed E-state index contributed by atoms with van der Waals surface area (Å²) in [5.74, 6) is -1.000. The molecule has 0 radical (unpaired) electrons. The van der Waals surface area contributed by atoms with Crippen LogP contribution in [0.2, 0.25) is 0 Å². The van der Waals surface area contributed by atoms with E-state index >= 15 is 0 Å². The molecule has 8 heteroatoms. The Morgan fingerprint density at radius 1 is 1.50 bits per heavy atom. The summed E-state index contributed by atoms with van der Waals surface area (Å²) in [5, 5.41) is 10.6. The van der Waals surface area contributed by atoms with Crippen molar-refractivity contribution in [2.24, 2.45) is 10.9 Å². The molecule has 0 bridgehead atoms. The van der Waals surface area contributed by atoms with E-state index < -0.39 is 21.1 Å². The molecule has 1 aromatic carbocycles. The molecule has 0 atom stereocenters. The van der Waals surface area contributed by atoms with Crippen molar-refractivity contribution in [3.63, 3.8) is 0 Å². The lowest BCUT2D eigenvalue weighted by Gasteiger charge is -2.13. The quantitative estimate of drug-likeness (QED) is 0.331. The summed E-state index contributed by atoms with van der Waals surface area (Å²) in [6, 6.07) is 3.27. The first kappa shape index (κ1) is 14.2. The number of nitrogens with zero attached hydrogens (tertiary/aromatic N) is 1. The van der Waals surface area contributed by atoms with Crippen LogP contribution in [0.15, 0.2) is 23.4 Å². The van der Waals surface area contributed by atoms with Crippen molar-refractivity contribution in [1.82, 2.24) is 0 Å². The average molecular weight is 275 g/mol. The van der Waals surface area contributed by atoms with Gasteiger partial charge >= 0.3 is 0 Å². The fourth-order valence-corrected chi connectivity index (χ4v) is 1.86. The van der Waals surface area contributed by atoms with Crippen molar-refractivity contribution in [2.75, 3.05) is 4.72 Å². The Morgan fingerprint density at radius 3 is 2.61 bits per heavy atom. The second-order valence-electron chi connectivity index (χ2n) is 3.87. The Labute approximate surface area is 104 Å². The Balaban J connectivity index is 3.26. The fourth-order valence-electron chi connectivity index (χ4n) is 1.14. The SMILES string of the molecule is CC(C)S(=O)(=O)Nc1ccc(F)cc1/C(N)=N/O. The summed E-state index contributed by atoms with van der Waals surface area (Å²) in [7, 11) is -3.59. The van der Waals surface area contributed by atoms with Crippen LogP contribution in [-0.2, 0) is 10.0 Å². The van der Waals surface area contributed by atoms with Gasteiger partial charge in [0.15, 0.2) is 5.84 Å². The minimum absolute atomic E-state index is 0.0262. The van der Waals surface area contributed by atoms with Gasteiger partial charge in [-0.3, -0.25) is 4.72 Å². The zero-order valence-electron chi connectivity index (χ0n) is 9.88. The number of hydrogen-bond acceptors (Lipinski definition) is 4. The molecular weight excluding hydrogens is 261 g/mol. The van der Waals surface area contributed by atoms with Gasteiger partial charge in [0.05, 0.1) is 10.9 Å². The molecule has 4 N–H and O–H groups in total. The summed E-state index contributed by atoms with van der Waals surface area (Å²) >= 11 is 0. The molecule has 0 spiro atoms. The molecule has 0 aliphatic rings. The molecule has 100 valence electrons. The summed E-state index contributed by atoms with van der Waals surface area (Å²) < 4.78 is 38.7. The van der Waals surface area contributed by atoms with Crippen molar-refractivity contribution in [2.45, 2.75) is 19.1 Å². The predicted octanol–water partition coefficient (Wildman–Crippen LogP) is 1.07. The van der Waals surface area contributed by atoms with Gasteiger partial charge < -0.3 is 10.9 Å². The maximum Gasteiger partial charge on any atom is 0.235 e. The van der Waals surface area contributed by atoms with Crippen LogP contribution in [0.1, 0.15) is 19.4 Å². The molecule has 1 aromatic rings. The molecule has 0 heterocycles. The fraction of sp³-hybridized carbons (Fsp3) is 0.300. The van der Waals surface area contributed by atoms with Crippen LogP contribution in [-0.4, -0.2) is 24.7 Å². The van der Waals surface area contributed by atoms with Gasteiger partial charge in [-0.2, -0.15) is 0 Å². The lowest BCUT2D eigenvalue weighted by atomic mass is 10.1. The van der Waals surface area contributed by atoms with Crippen molar-refractivity contribution < 1.29 is 18.0 Å². The highest BCUT2D eigenvalue weighted by Crippen LogP contribution is 2.19. The van der Waals surface area contributed by atoms with Crippen LogP contribution in [0.5, 0.6) is 0 Å². The number of nitrogens with one attached hydrogen (secondary N) is 1. The first-order valence-electron chi connectivity index (χ1n) is 5.07. The zero-order chi connectivity index (χ0) is 13.9. The number of oxime groups is 1. The third-order valence-corrected chi connectivity index (χ3v) is 3.98. The highest BCUT2D eigenvalue weighted by atomic mass is 32.2. The number of benzene rings is 1. The molecule has 0 aromatic heterocycles. The number of rotatable bonds is 4. The van der Waals surface area contributed by atoms with Gasteiger partial charge in [0.1, 0.15) is 5.82 Å². The Hall–Kier alpha value is -1.83. The number of amidine groups is 1. The molecule has 0 aliphatic heterocycles. The Kier molecular flexibility index (Phi) is 4.12. The van der Waals surface area contributed by atoms with E-state index in [9.17, 15) is 12.8 Å². The van der Waals surface area contributed by atoms with Gasteiger partial charge in [0.2, 0.25) is 10.0 Å². The second kappa shape index (κ2) is 5.21. The lowest BCUT2D eigenvalue weighted by Crippen LogP contribution is -2.25. The van der Waals surface area contributed by atoms with E-state index in [2.05, 4.69) is 9.88 Å². The van der Waals surface area contributed by atoms with E-state index in [1.807, 2.05) is 0 Å². The summed E-state index contributed by atoms with van der Waals surface area (Å²) in [6.07, 6.45) is 0. The molecule has 18 heavy (non-hydrogen) atoms. The normalized spacial score (nSPS) is 12.8. The van der Waals surface area contributed by atoms with Crippen LogP contribution < -0.4 is 10.5 Å². The van der Waals surface area contributed by atoms with Gasteiger partial charge in [-0.05, 0) is 32.0 Å². The van der Waals surface area contributed by atoms with Crippen molar-refractivity contribution in [3.05, 3.63) is 29.6 Å². The molecule has 0 amide bonds. The van der Waals surface area contributed by atoms with E-state index in [-0.39, 0.29) is 17.1 Å². The van der Waals surface area contributed by atoms with Crippen molar-refractivity contribution in [1.29, 1.82) is 0 Å². The Morgan fingerprint density at radius 2 is 2.11 bits per heavy atom. The minimum Gasteiger partial charge on any atom is -0.409 e. The predicted molar refractivity (Wildman–Crippen MR) is 66.6 cm³/mol. The van der Waals surface area contributed by atoms with E-state index in [0.29, 0.717) is 0 Å². The standard InChI is InChI=1S/C10H14FN3O3S/c1-6(2)18(16,17)14-9-4-3-7(11)5-8(9)10(12)13-15/h3-6,14-15H,1-2H3,(H2,12,13). The van der Waals surface area contributed by atoms with Crippen molar-refractivity contribution in [3.8, 4) is 0 Å². The van der Waals surface area contributed by atoms with Crippen molar-refractivity contribution >= 4 is 21.5 Å². The average Bonchev–Trinajstić information content (AvgIpc) is 2.30. The second-order valence-corrected chi connectivity index (χ2v) is 6.11. The smallest absolute Gasteiger partial charge is 0.235 e. The highest BCUT2D eigenvalue weighted by molar-refractivity contribution is 7.93. The minimum atomic E-state index is -3.59. The van der Waals surface area contributed by atoms with E-state index in [4.69, 9.17) is 10.9 Å². The first-order chi connectivity index (χ1) is 8.27. The molecule has 0 aliphatic carbocycles. The summed E-state index contributed by atoms with van der Waals surface area (Å²) in [5.41, 5.74) is 5.39. The zero-order valence-corrected chi connectivity index (χ0v) is 10.7. The molecule has 1 rings (SSSR count). The Bertz CT molecular complexity index is 570. The largest absolute Gasteiger partial charge is 0.409 e. The van der Waals surface area contributed by atoms with Gasteiger partial charge in [-0.15, -0.1) is 0 Å². The third-order valence-electron chi connectivity index (χ3n) is 2.24. The van der Waals surface area contributed by atoms with Gasteiger partial charge in [0, 0.05) is 5.56 Å². The molecule has 6 nitrogen and oxygen atoms in total. The molecule has 0 fully saturated rings. The van der Waals surface area contributed by atoms with Gasteiger partial charge in [-0.1, -0.05) is 5.16 Å². The maximum atomic E-state index is 13.1. The molecule has 0 saturated heterocycles. The van der Waals surface area contributed by atoms with Gasteiger partial charge in [-0.25, -0.2) is 12.8 Å². The number of nitrogens with two attached hydrogens (primary N) is 1. The lowest BCUT2D eigenvalue weighted by molar-refractivity contribution is 0.318. The van der Waals surface area contributed by atoms with Gasteiger partial charge in [0.25, 0.3) is 0 Å². The van der Waals surface area contributed by atoms with E-state index in [1.165, 1.54) is 19.9 Å². The monoisotopic (exact) mass is 275 g/mol. The van der Waals surface area contributed by atoms with Crippen LogP contribution in [0.25, 0.3) is 0 Å². The summed E-state index contributed by atoms with van der Waals surface area (Å²) in [4.78, 5) is 0. The maximum absolute atomic E-state index is 13.1. The van der Waals surface area contributed by atoms with Crippen LogP contribution in [0.4, 0.5) is 10.1 Å². The highest BCUT2D eigenvalue weighted by Gasteiger charge is 2.18. The van der Waals surface area contributed by atoms with Crippen LogP contribution >= 0.6 is 0 Å². The number of anilines is 1. The topological polar surface area (TPSA) is 105 Å². The van der Waals surface area contributed by atoms with E-state index in [1.54, 1.807) is 0 Å². The number of halogens is 1. The number of hydrogen-bond donors (Lipinski definition) is 3. The van der Waals surface area contributed by atoms with Crippen LogP contribution in [0, 0.1) is 5.82 Å².